The van der Waals surface area contributed by atoms with Gasteiger partial charge in [0.1, 0.15) is 18.1 Å². The first-order valence-electron chi connectivity index (χ1n) is 14.2. The smallest absolute Gasteiger partial charge is 0.240 e. The van der Waals surface area contributed by atoms with E-state index in [1.54, 1.807) is 12.0 Å². The van der Waals surface area contributed by atoms with Crippen LogP contribution in [0.1, 0.15) is 34.8 Å². The van der Waals surface area contributed by atoms with Crippen LogP contribution in [0, 0.1) is 6.92 Å². The number of methoxy groups -OCH3 is 1. The number of hydrogen-bond acceptors (Lipinski definition) is 6. The number of aromatic nitrogens is 2. The zero-order valence-corrected chi connectivity index (χ0v) is 24.6. The quantitative estimate of drug-likeness (QED) is 0.303. The summed E-state index contributed by atoms with van der Waals surface area (Å²) in [4.78, 5) is 28.9. The van der Waals surface area contributed by atoms with Gasteiger partial charge < -0.3 is 14.8 Å². The summed E-state index contributed by atoms with van der Waals surface area (Å²) < 4.78 is 13.3. The van der Waals surface area contributed by atoms with Crippen LogP contribution in [-0.2, 0) is 14.3 Å². The minimum atomic E-state index is -0.270. The second kappa shape index (κ2) is 12.4. The lowest BCUT2D eigenvalue weighted by Gasteiger charge is -2.24. The molecule has 0 radical (unpaired) electrons. The van der Waals surface area contributed by atoms with Crippen LogP contribution in [0.2, 0.25) is 0 Å². The molecule has 2 atom stereocenters. The number of ether oxygens (including phenoxy) is 2. The van der Waals surface area contributed by atoms with E-state index in [9.17, 15) is 9.59 Å². The molecule has 0 unspecified atom stereocenters. The largest absolute Gasteiger partial charge is 0.496 e. The number of hydrogen-bond donors (Lipinski definition) is 1. The molecule has 4 aromatic rings. The molecule has 0 bridgehead atoms. The Morgan fingerprint density at radius 3 is 2.60 bits per heavy atom. The zero-order chi connectivity index (χ0) is 29.1. The third-order valence-corrected chi connectivity index (χ3v) is 8.99. The maximum Gasteiger partial charge on any atom is 0.240 e. The van der Waals surface area contributed by atoms with E-state index < -0.39 is 0 Å². The number of carbonyl (C=O) groups excluding carboxylic acids is 2. The predicted octanol–water partition coefficient (Wildman–Crippen LogP) is 5.32. The van der Waals surface area contributed by atoms with Crippen LogP contribution in [0.15, 0.2) is 78.9 Å². The monoisotopic (exact) mass is 582 g/mol. The van der Waals surface area contributed by atoms with Crippen molar-refractivity contribution in [2.45, 2.75) is 31.1 Å². The van der Waals surface area contributed by atoms with Gasteiger partial charge in [0.2, 0.25) is 11.8 Å². The molecule has 1 aromatic heterocycles. The first kappa shape index (κ1) is 28.1. The summed E-state index contributed by atoms with van der Waals surface area (Å²) in [5.74, 6) is 1.14. The normalized spacial score (nSPS) is 18.4. The molecule has 9 heteroatoms. The van der Waals surface area contributed by atoms with Crippen molar-refractivity contribution in [3.63, 3.8) is 0 Å². The molecule has 0 aliphatic carbocycles. The number of para-hydroxylation sites is 2. The van der Waals surface area contributed by atoms with Crippen LogP contribution in [-0.4, -0.2) is 60.3 Å². The van der Waals surface area contributed by atoms with E-state index in [0.29, 0.717) is 19.0 Å². The van der Waals surface area contributed by atoms with E-state index in [-0.39, 0.29) is 35.5 Å². The van der Waals surface area contributed by atoms with Crippen molar-refractivity contribution in [3.05, 3.63) is 95.6 Å². The molecule has 1 N–H and O–H groups in total. The standard InChI is InChI=1S/C33H34N4O4S/c1-22-11-6-8-16-26(22)37-33-30(31(35-37)23-12-4-3-5-13-23)32(25-15-7-9-17-27(25)40-2)42-21-29(39)36(33)20-28(38)34-19-24-14-10-18-41-24/h3-9,11-13,15-17,24,32H,10,14,18-21H2,1-2H3,(H,34,38)/t24-,32-/m0/s1. The van der Waals surface area contributed by atoms with Gasteiger partial charge in [-0.15, -0.1) is 11.8 Å². The van der Waals surface area contributed by atoms with Crippen LogP contribution in [0.25, 0.3) is 16.9 Å². The summed E-state index contributed by atoms with van der Waals surface area (Å²) in [7, 11) is 1.66. The predicted molar refractivity (Wildman–Crippen MR) is 165 cm³/mol. The highest BCUT2D eigenvalue weighted by atomic mass is 32.2. The Bertz CT molecular complexity index is 1580. The van der Waals surface area contributed by atoms with E-state index in [4.69, 9.17) is 14.6 Å². The molecular formula is C33H34N4O4S. The first-order chi connectivity index (χ1) is 20.5. The molecule has 8 nitrogen and oxygen atoms in total. The maximum absolute atomic E-state index is 13.9. The van der Waals surface area contributed by atoms with Crippen LogP contribution in [0.5, 0.6) is 5.75 Å². The number of carbonyl (C=O) groups is 2. The number of aryl methyl sites for hydroxylation is 1. The number of thioether (sulfide) groups is 1. The van der Waals surface area contributed by atoms with Crippen molar-refractivity contribution in [1.29, 1.82) is 0 Å². The minimum absolute atomic E-state index is 0.0111. The van der Waals surface area contributed by atoms with Crippen LogP contribution >= 0.6 is 11.8 Å². The number of anilines is 1. The molecule has 3 heterocycles. The second-order valence-corrected chi connectivity index (χ2v) is 11.6. The van der Waals surface area contributed by atoms with E-state index in [0.717, 1.165) is 52.2 Å². The lowest BCUT2D eigenvalue weighted by molar-refractivity contribution is -0.123. The Morgan fingerprint density at radius 1 is 1.07 bits per heavy atom. The molecule has 3 aromatic carbocycles. The molecule has 6 rings (SSSR count). The van der Waals surface area contributed by atoms with Crippen LogP contribution < -0.4 is 15.0 Å². The molecular weight excluding hydrogens is 548 g/mol. The Morgan fingerprint density at radius 2 is 1.83 bits per heavy atom. The summed E-state index contributed by atoms with van der Waals surface area (Å²) in [6.45, 7) is 3.05. The van der Waals surface area contributed by atoms with E-state index in [1.165, 1.54) is 11.8 Å². The van der Waals surface area contributed by atoms with Crippen molar-refractivity contribution in [3.8, 4) is 22.7 Å². The third-order valence-electron chi connectivity index (χ3n) is 7.75. The molecule has 42 heavy (non-hydrogen) atoms. The number of rotatable bonds is 8. The van der Waals surface area contributed by atoms with Crippen LogP contribution in [0.4, 0.5) is 5.82 Å². The molecule has 1 fully saturated rings. The van der Waals surface area contributed by atoms with Gasteiger partial charge in [0.15, 0.2) is 0 Å². The van der Waals surface area contributed by atoms with E-state index >= 15 is 0 Å². The molecule has 2 aliphatic heterocycles. The van der Waals surface area contributed by atoms with Gasteiger partial charge in [0.05, 0.1) is 35.6 Å². The van der Waals surface area contributed by atoms with Gasteiger partial charge >= 0.3 is 0 Å². The lowest BCUT2D eigenvalue weighted by Crippen LogP contribution is -2.44. The van der Waals surface area contributed by atoms with Gasteiger partial charge in [-0.3, -0.25) is 14.5 Å². The highest BCUT2D eigenvalue weighted by Gasteiger charge is 2.38. The third kappa shape index (κ3) is 5.54. The Kier molecular flexibility index (Phi) is 8.30. The number of nitrogens with one attached hydrogen (secondary N) is 1. The van der Waals surface area contributed by atoms with Gasteiger partial charge in [0, 0.05) is 29.8 Å². The fourth-order valence-electron chi connectivity index (χ4n) is 5.66. The van der Waals surface area contributed by atoms with Gasteiger partial charge in [-0.05, 0) is 37.5 Å². The average Bonchev–Trinajstić information content (AvgIpc) is 3.66. The topological polar surface area (TPSA) is 85.7 Å². The molecule has 216 valence electrons. The molecule has 0 spiro atoms. The summed E-state index contributed by atoms with van der Waals surface area (Å²) in [6, 6.07) is 25.8. The number of nitrogens with zero attached hydrogens (tertiary/aromatic N) is 3. The lowest BCUT2D eigenvalue weighted by atomic mass is 9.99. The van der Waals surface area contributed by atoms with E-state index in [2.05, 4.69) is 5.32 Å². The summed E-state index contributed by atoms with van der Waals surface area (Å²) >= 11 is 1.53. The van der Waals surface area contributed by atoms with E-state index in [1.807, 2.05) is 90.5 Å². The number of fused-ring (bicyclic) bond motifs is 1. The van der Waals surface area contributed by atoms with Crippen molar-refractivity contribution in [1.82, 2.24) is 15.1 Å². The fraction of sp³-hybridized carbons (Fsp3) is 0.303. The molecule has 1 saturated heterocycles. The van der Waals surface area contributed by atoms with Gasteiger partial charge in [-0.25, -0.2) is 4.68 Å². The van der Waals surface area contributed by atoms with Crippen LogP contribution in [0.3, 0.4) is 0 Å². The van der Waals surface area contributed by atoms with Crippen molar-refractivity contribution in [2.75, 3.05) is 37.5 Å². The maximum atomic E-state index is 13.9. The zero-order valence-electron chi connectivity index (χ0n) is 23.8. The summed E-state index contributed by atoms with van der Waals surface area (Å²) in [5.41, 5.74) is 5.36. The average molecular weight is 583 g/mol. The highest BCUT2D eigenvalue weighted by molar-refractivity contribution is 8.00. The summed E-state index contributed by atoms with van der Waals surface area (Å²) in [5, 5.41) is 7.91. The van der Waals surface area contributed by atoms with Gasteiger partial charge in [-0.2, -0.15) is 5.10 Å². The SMILES string of the molecule is COc1ccccc1[C@@H]1SCC(=O)N(CC(=O)NC[C@@H]2CCCO2)c2c1c(-c1ccccc1)nn2-c1ccccc1C. The fourth-order valence-corrected chi connectivity index (χ4v) is 6.88. The molecule has 2 aliphatic rings. The number of benzene rings is 3. The Hall–Kier alpha value is -4.08. The van der Waals surface area contributed by atoms with Gasteiger partial charge in [-0.1, -0.05) is 66.7 Å². The van der Waals surface area contributed by atoms with Crippen molar-refractivity contribution < 1.29 is 19.1 Å². The highest BCUT2D eigenvalue weighted by Crippen LogP contribution is 2.50. The molecule has 0 saturated carbocycles. The first-order valence-corrected chi connectivity index (χ1v) is 15.3. The van der Waals surface area contributed by atoms with Crippen molar-refractivity contribution >= 4 is 29.4 Å². The Balaban J connectivity index is 1.54. The molecule has 2 amide bonds. The van der Waals surface area contributed by atoms with Crippen molar-refractivity contribution in [2.24, 2.45) is 0 Å². The second-order valence-electron chi connectivity index (χ2n) is 10.5. The minimum Gasteiger partial charge on any atom is -0.496 e. The summed E-state index contributed by atoms with van der Waals surface area (Å²) in [6.07, 6.45) is 1.93. The Labute approximate surface area is 250 Å². The number of amides is 2. The van der Waals surface area contributed by atoms with Gasteiger partial charge in [0.25, 0.3) is 0 Å².